The Bertz CT molecular complexity index is 1060. The lowest BCUT2D eigenvalue weighted by Gasteiger charge is -2.10. The lowest BCUT2D eigenvalue weighted by atomic mass is 10.1. The number of nitrogens with one attached hydrogen (secondary N) is 1. The van der Waals surface area contributed by atoms with E-state index in [-0.39, 0.29) is 24.4 Å². The van der Waals surface area contributed by atoms with Crippen LogP contribution in [-0.2, 0) is 11.3 Å². The maximum atomic E-state index is 14.6. The SMILES string of the molecule is Cc1cc(C)n(-c2ccc(C(=O)NCc3cccc(OCC(N)=O)c3)cc2F)n1. The fourth-order valence-corrected chi connectivity index (χ4v) is 2.88. The number of ether oxygens (including phenoxy) is 1. The lowest BCUT2D eigenvalue weighted by Crippen LogP contribution is -2.23. The molecule has 0 saturated carbocycles. The zero-order valence-electron chi connectivity index (χ0n) is 16.1. The highest BCUT2D eigenvalue weighted by Gasteiger charge is 2.13. The molecule has 0 aliphatic carbocycles. The van der Waals surface area contributed by atoms with Crippen LogP contribution in [0.3, 0.4) is 0 Å². The first kappa shape index (κ1) is 20.1. The maximum Gasteiger partial charge on any atom is 0.255 e. The van der Waals surface area contributed by atoms with E-state index in [1.807, 2.05) is 19.9 Å². The summed E-state index contributed by atoms with van der Waals surface area (Å²) >= 11 is 0. The molecule has 0 radical (unpaired) electrons. The summed E-state index contributed by atoms with van der Waals surface area (Å²) in [5.41, 5.74) is 7.89. The Morgan fingerprint density at radius 2 is 1.97 bits per heavy atom. The minimum absolute atomic E-state index is 0.203. The highest BCUT2D eigenvalue weighted by Crippen LogP contribution is 2.18. The molecule has 0 bridgehead atoms. The van der Waals surface area contributed by atoms with Gasteiger partial charge in [0.15, 0.2) is 6.61 Å². The molecule has 2 amide bonds. The molecule has 0 aliphatic rings. The van der Waals surface area contributed by atoms with Crippen molar-refractivity contribution in [1.82, 2.24) is 15.1 Å². The fraction of sp³-hybridized carbons (Fsp3) is 0.190. The zero-order chi connectivity index (χ0) is 21.0. The maximum absolute atomic E-state index is 14.6. The van der Waals surface area contributed by atoms with Crippen molar-refractivity contribution in [1.29, 1.82) is 0 Å². The van der Waals surface area contributed by atoms with Crippen molar-refractivity contribution in [2.75, 3.05) is 6.61 Å². The van der Waals surface area contributed by atoms with Crippen molar-refractivity contribution in [2.24, 2.45) is 5.73 Å². The molecule has 0 aliphatic heterocycles. The minimum Gasteiger partial charge on any atom is -0.484 e. The summed E-state index contributed by atoms with van der Waals surface area (Å²) in [5.74, 6) is -1.05. The van der Waals surface area contributed by atoms with Crippen LogP contribution in [0.1, 0.15) is 27.3 Å². The van der Waals surface area contributed by atoms with Crippen LogP contribution in [0, 0.1) is 19.7 Å². The van der Waals surface area contributed by atoms with Crippen molar-refractivity contribution in [3.8, 4) is 11.4 Å². The van der Waals surface area contributed by atoms with E-state index in [2.05, 4.69) is 10.4 Å². The van der Waals surface area contributed by atoms with Gasteiger partial charge < -0.3 is 15.8 Å². The van der Waals surface area contributed by atoms with Crippen LogP contribution in [0.25, 0.3) is 5.69 Å². The van der Waals surface area contributed by atoms with E-state index >= 15 is 0 Å². The molecule has 1 heterocycles. The molecule has 1 aromatic heterocycles. The van der Waals surface area contributed by atoms with Gasteiger partial charge in [-0.15, -0.1) is 0 Å². The van der Waals surface area contributed by atoms with Gasteiger partial charge in [0, 0.05) is 17.8 Å². The molecule has 0 saturated heterocycles. The quantitative estimate of drug-likeness (QED) is 0.641. The van der Waals surface area contributed by atoms with Gasteiger partial charge in [-0.2, -0.15) is 5.10 Å². The van der Waals surface area contributed by atoms with E-state index in [1.165, 1.54) is 16.8 Å². The standard InChI is InChI=1S/C21H21FN4O3/c1-13-8-14(2)26(25-13)19-7-6-16(10-18(19)22)21(28)24-11-15-4-3-5-17(9-15)29-12-20(23)27/h3-10H,11-12H2,1-2H3,(H2,23,27)(H,24,28). The second-order valence-corrected chi connectivity index (χ2v) is 6.59. The molecule has 3 aromatic rings. The summed E-state index contributed by atoms with van der Waals surface area (Å²) in [6.07, 6.45) is 0. The molecule has 3 rings (SSSR count). The van der Waals surface area contributed by atoms with Crippen molar-refractivity contribution < 1.29 is 18.7 Å². The van der Waals surface area contributed by atoms with Crippen LogP contribution in [0.4, 0.5) is 4.39 Å². The monoisotopic (exact) mass is 396 g/mol. The Morgan fingerprint density at radius 3 is 2.62 bits per heavy atom. The molecule has 3 N–H and O–H groups in total. The zero-order valence-corrected chi connectivity index (χ0v) is 16.1. The van der Waals surface area contributed by atoms with Crippen LogP contribution < -0.4 is 15.8 Å². The molecule has 0 fully saturated rings. The first-order valence-corrected chi connectivity index (χ1v) is 8.95. The highest BCUT2D eigenvalue weighted by molar-refractivity contribution is 5.94. The third-order valence-electron chi connectivity index (χ3n) is 4.18. The first-order valence-electron chi connectivity index (χ1n) is 8.95. The van der Waals surface area contributed by atoms with Crippen LogP contribution in [0.5, 0.6) is 5.75 Å². The normalized spacial score (nSPS) is 10.6. The predicted octanol–water partition coefficient (Wildman–Crippen LogP) is 2.42. The van der Waals surface area contributed by atoms with Crippen LogP contribution in [-0.4, -0.2) is 28.2 Å². The average Bonchev–Trinajstić information content (AvgIpc) is 3.02. The number of nitrogens with two attached hydrogens (primary N) is 1. The van der Waals surface area contributed by atoms with E-state index in [9.17, 15) is 14.0 Å². The second kappa shape index (κ2) is 8.55. The Hall–Kier alpha value is -3.68. The molecule has 0 atom stereocenters. The number of amides is 2. The lowest BCUT2D eigenvalue weighted by molar-refractivity contribution is -0.119. The Balaban J connectivity index is 1.67. The van der Waals surface area contributed by atoms with Crippen LogP contribution >= 0.6 is 0 Å². The number of nitrogens with zero attached hydrogens (tertiary/aromatic N) is 2. The number of primary amides is 1. The largest absolute Gasteiger partial charge is 0.484 e. The summed E-state index contributed by atoms with van der Waals surface area (Å²) in [7, 11) is 0. The van der Waals surface area contributed by atoms with Gasteiger partial charge in [0.05, 0.1) is 5.69 Å². The number of aromatic nitrogens is 2. The smallest absolute Gasteiger partial charge is 0.255 e. The number of hydrogen-bond donors (Lipinski definition) is 2. The second-order valence-electron chi connectivity index (χ2n) is 6.59. The van der Waals surface area contributed by atoms with E-state index in [0.29, 0.717) is 5.75 Å². The number of carbonyl (C=O) groups is 2. The van der Waals surface area contributed by atoms with Gasteiger partial charge >= 0.3 is 0 Å². The van der Waals surface area contributed by atoms with Gasteiger partial charge in [-0.1, -0.05) is 12.1 Å². The molecule has 0 unspecified atom stereocenters. The van der Waals surface area contributed by atoms with E-state index < -0.39 is 17.6 Å². The van der Waals surface area contributed by atoms with E-state index in [1.54, 1.807) is 30.3 Å². The van der Waals surface area contributed by atoms with Gasteiger partial charge in [-0.05, 0) is 55.8 Å². The summed E-state index contributed by atoms with van der Waals surface area (Å²) in [6, 6.07) is 13.0. The van der Waals surface area contributed by atoms with Gasteiger partial charge in [0.25, 0.3) is 11.8 Å². The fourth-order valence-electron chi connectivity index (χ4n) is 2.88. The number of benzene rings is 2. The summed E-state index contributed by atoms with van der Waals surface area (Å²) in [6.45, 7) is 3.66. The third kappa shape index (κ3) is 4.98. The van der Waals surface area contributed by atoms with Crippen molar-refractivity contribution in [2.45, 2.75) is 20.4 Å². The summed E-state index contributed by atoms with van der Waals surface area (Å²) in [5, 5.41) is 7.00. The topological polar surface area (TPSA) is 99.2 Å². The number of halogens is 1. The molecule has 29 heavy (non-hydrogen) atoms. The molecular formula is C21H21FN4O3. The van der Waals surface area contributed by atoms with Crippen LogP contribution in [0.15, 0.2) is 48.5 Å². The molecule has 150 valence electrons. The van der Waals surface area contributed by atoms with Crippen molar-refractivity contribution in [3.63, 3.8) is 0 Å². The van der Waals surface area contributed by atoms with Gasteiger partial charge in [0.1, 0.15) is 17.3 Å². The van der Waals surface area contributed by atoms with E-state index in [4.69, 9.17) is 10.5 Å². The van der Waals surface area contributed by atoms with Gasteiger partial charge in [0.2, 0.25) is 0 Å². The van der Waals surface area contributed by atoms with Gasteiger partial charge in [-0.3, -0.25) is 9.59 Å². The van der Waals surface area contributed by atoms with Gasteiger partial charge in [-0.25, -0.2) is 9.07 Å². The van der Waals surface area contributed by atoms with Crippen molar-refractivity contribution in [3.05, 3.63) is 76.9 Å². The molecular weight excluding hydrogens is 375 g/mol. The Labute approximate surface area is 167 Å². The van der Waals surface area contributed by atoms with Crippen molar-refractivity contribution >= 4 is 11.8 Å². The summed E-state index contributed by atoms with van der Waals surface area (Å²) < 4.78 is 21.3. The predicted molar refractivity (Wildman–Crippen MR) is 105 cm³/mol. The number of carbonyl (C=O) groups excluding carboxylic acids is 2. The minimum atomic E-state index is -0.574. The number of rotatable bonds is 7. The summed E-state index contributed by atoms with van der Waals surface area (Å²) in [4.78, 5) is 23.2. The molecule has 8 heteroatoms. The highest BCUT2D eigenvalue weighted by atomic mass is 19.1. The van der Waals surface area contributed by atoms with Crippen LogP contribution in [0.2, 0.25) is 0 Å². The Morgan fingerprint density at radius 1 is 1.17 bits per heavy atom. The Kier molecular flexibility index (Phi) is 5.92. The molecule has 2 aromatic carbocycles. The number of aryl methyl sites for hydroxylation is 2. The number of hydrogen-bond acceptors (Lipinski definition) is 4. The first-order chi connectivity index (χ1) is 13.8. The average molecular weight is 396 g/mol. The molecule has 7 nitrogen and oxygen atoms in total. The van der Waals surface area contributed by atoms with E-state index in [0.717, 1.165) is 17.0 Å². The third-order valence-corrected chi connectivity index (χ3v) is 4.18. The molecule has 0 spiro atoms.